The first-order valence-electron chi connectivity index (χ1n) is 9.62. The Balaban J connectivity index is 2.18. The van der Waals surface area contributed by atoms with E-state index in [2.05, 4.69) is 0 Å². The summed E-state index contributed by atoms with van der Waals surface area (Å²) in [5, 5.41) is 0. The van der Waals surface area contributed by atoms with Crippen molar-refractivity contribution in [1.29, 1.82) is 0 Å². The molecule has 6 nitrogen and oxygen atoms in total. The van der Waals surface area contributed by atoms with E-state index in [9.17, 15) is 9.59 Å². The van der Waals surface area contributed by atoms with Gasteiger partial charge in [0.15, 0.2) is 0 Å². The number of amides is 2. The molecular weight excluding hydrogens is 354 g/mol. The number of benzene rings is 1. The third kappa shape index (κ3) is 6.23. The molecule has 0 N–H and O–H groups in total. The van der Waals surface area contributed by atoms with E-state index in [1.165, 1.54) is 0 Å². The predicted molar refractivity (Wildman–Crippen MR) is 109 cm³/mol. The molecule has 0 atom stereocenters. The van der Waals surface area contributed by atoms with Crippen molar-refractivity contribution in [2.75, 3.05) is 26.8 Å². The van der Waals surface area contributed by atoms with E-state index >= 15 is 0 Å². The molecule has 152 valence electrons. The highest BCUT2D eigenvalue weighted by atomic mass is 16.5. The Hall–Kier alpha value is -2.60. The fourth-order valence-corrected chi connectivity index (χ4v) is 2.99. The molecule has 0 saturated carbocycles. The largest absolute Gasteiger partial charge is 0.383 e. The highest BCUT2D eigenvalue weighted by Crippen LogP contribution is 2.12. The molecule has 2 rings (SSSR count). The van der Waals surface area contributed by atoms with Gasteiger partial charge in [0, 0.05) is 45.1 Å². The molecule has 2 aromatic rings. The quantitative estimate of drug-likeness (QED) is 0.632. The van der Waals surface area contributed by atoms with Crippen molar-refractivity contribution < 1.29 is 14.3 Å². The first kappa shape index (κ1) is 21.7. The van der Waals surface area contributed by atoms with Crippen LogP contribution in [0, 0.1) is 5.92 Å². The first-order valence-corrected chi connectivity index (χ1v) is 9.62. The lowest BCUT2D eigenvalue weighted by atomic mass is 10.1. The van der Waals surface area contributed by atoms with Crippen molar-refractivity contribution in [1.82, 2.24) is 14.4 Å². The second-order valence-electron chi connectivity index (χ2n) is 7.25. The summed E-state index contributed by atoms with van der Waals surface area (Å²) in [6, 6.07) is 13.9. The summed E-state index contributed by atoms with van der Waals surface area (Å²) in [6.45, 7) is 5.54. The van der Waals surface area contributed by atoms with Crippen molar-refractivity contribution >= 4 is 11.8 Å². The van der Waals surface area contributed by atoms with Crippen molar-refractivity contribution in [3.05, 3.63) is 59.9 Å². The maximum atomic E-state index is 13.2. The van der Waals surface area contributed by atoms with Crippen LogP contribution in [0.25, 0.3) is 0 Å². The fraction of sp³-hybridized carbons (Fsp3) is 0.455. The molecule has 2 amide bonds. The van der Waals surface area contributed by atoms with Crippen LogP contribution in [0.5, 0.6) is 0 Å². The summed E-state index contributed by atoms with van der Waals surface area (Å²) in [6.07, 6.45) is 1.97. The van der Waals surface area contributed by atoms with Crippen LogP contribution in [0.2, 0.25) is 0 Å². The van der Waals surface area contributed by atoms with E-state index in [1.54, 1.807) is 16.9 Å². The third-order valence-electron chi connectivity index (χ3n) is 4.67. The zero-order chi connectivity index (χ0) is 20.5. The van der Waals surface area contributed by atoms with Crippen molar-refractivity contribution in [3.63, 3.8) is 0 Å². The zero-order valence-electron chi connectivity index (χ0n) is 17.3. The highest BCUT2D eigenvalue weighted by molar-refractivity contribution is 5.85. The summed E-state index contributed by atoms with van der Waals surface area (Å²) in [5.74, 6) is -0.279. The summed E-state index contributed by atoms with van der Waals surface area (Å²) >= 11 is 0. The minimum Gasteiger partial charge on any atom is -0.383 e. The Morgan fingerprint density at radius 2 is 1.75 bits per heavy atom. The van der Waals surface area contributed by atoms with Crippen LogP contribution >= 0.6 is 0 Å². The molecule has 0 saturated heterocycles. The number of hydrogen-bond donors (Lipinski definition) is 0. The maximum absolute atomic E-state index is 13.2. The Kier molecular flexibility index (Phi) is 8.26. The lowest BCUT2D eigenvalue weighted by molar-refractivity contribution is -0.143. The van der Waals surface area contributed by atoms with Crippen LogP contribution in [0.4, 0.5) is 0 Å². The second-order valence-corrected chi connectivity index (χ2v) is 7.25. The topological polar surface area (TPSA) is 54.8 Å². The molecule has 0 radical (unpaired) electrons. The molecule has 6 heteroatoms. The molecule has 0 unspecified atom stereocenters. The van der Waals surface area contributed by atoms with Gasteiger partial charge in [-0.2, -0.15) is 0 Å². The number of aryl methyl sites for hydroxylation is 1. The van der Waals surface area contributed by atoms with E-state index in [4.69, 9.17) is 4.74 Å². The summed E-state index contributed by atoms with van der Waals surface area (Å²) in [7, 11) is 3.56. The number of nitrogens with zero attached hydrogens (tertiary/aromatic N) is 3. The van der Waals surface area contributed by atoms with Crippen LogP contribution in [0.1, 0.15) is 25.1 Å². The monoisotopic (exact) mass is 385 g/mol. The molecule has 1 aromatic carbocycles. The van der Waals surface area contributed by atoms with Crippen molar-refractivity contribution in [2.45, 2.75) is 26.9 Å². The van der Waals surface area contributed by atoms with Crippen molar-refractivity contribution in [3.8, 4) is 0 Å². The third-order valence-corrected chi connectivity index (χ3v) is 4.67. The molecule has 0 spiro atoms. The number of rotatable bonds is 10. The first-order chi connectivity index (χ1) is 13.4. The fourth-order valence-electron chi connectivity index (χ4n) is 2.99. The van der Waals surface area contributed by atoms with E-state index in [0.29, 0.717) is 26.2 Å². The Morgan fingerprint density at radius 1 is 1.04 bits per heavy atom. The SMILES string of the molecule is COCCN(CC(=O)N(Cc1ccccc1)Cc1cccn1C)C(=O)C(C)C. The van der Waals surface area contributed by atoms with E-state index in [1.807, 2.05) is 74.1 Å². The number of ether oxygens (including phenoxy) is 1. The standard InChI is InChI=1S/C22H31N3O3/c1-18(2)22(27)24(13-14-28-4)17-21(26)25(15-19-9-6-5-7-10-19)16-20-11-8-12-23(20)3/h5-12,18H,13-17H2,1-4H3. The average Bonchev–Trinajstić information content (AvgIpc) is 3.09. The molecule has 0 bridgehead atoms. The van der Waals surface area contributed by atoms with E-state index in [-0.39, 0.29) is 24.3 Å². The molecule has 1 heterocycles. The lowest BCUT2D eigenvalue weighted by Crippen LogP contribution is -2.45. The summed E-state index contributed by atoms with van der Waals surface area (Å²) in [5.41, 5.74) is 2.10. The van der Waals surface area contributed by atoms with E-state index < -0.39 is 0 Å². The average molecular weight is 386 g/mol. The number of carbonyl (C=O) groups is 2. The van der Waals surface area contributed by atoms with Gasteiger partial charge in [0.25, 0.3) is 0 Å². The molecule has 0 aliphatic rings. The summed E-state index contributed by atoms with van der Waals surface area (Å²) < 4.78 is 7.13. The molecule has 0 aliphatic carbocycles. The predicted octanol–water partition coefficient (Wildman–Crippen LogP) is 2.68. The number of methoxy groups -OCH3 is 1. The van der Waals surface area contributed by atoms with Gasteiger partial charge in [-0.25, -0.2) is 0 Å². The molecule has 0 aliphatic heterocycles. The molecule has 28 heavy (non-hydrogen) atoms. The van der Waals surface area contributed by atoms with Crippen LogP contribution < -0.4 is 0 Å². The van der Waals surface area contributed by atoms with Gasteiger partial charge in [0.05, 0.1) is 19.7 Å². The lowest BCUT2D eigenvalue weighted by Gasteiger charge is -2.29. The maximum Gasteiger partial charge on any atom is 0.242 e. The zero-order valence-corrected chi connectivity index (χ0v) is 17.3. The van der Waals surface area contributed by atoms with Crippen molar-refractivity contribution in [2.24, 2.45) is 13.0 Å². The minimum absolute atomic E-state index is 0.0380. The van der Waals surface area contributed by atoms with Gasteiger partial charge in [-0.15, -0.1) is 0 Å². The molecule has 0 fully saturated rings. The van der Waals surface area contributed by atoms with Gasteiger partial charge in [0.2, 0.25) is 11.8 Å². The van der Waals surface area contributed by atoms with Gasteiger partial charge in [-0.1, -0.05) is 44.2 Å². The van der Waals surface area contributed by atoms with Gasteiger partial charge in [-0.05, 0) is 17.7 Å². The van der Waals surface area contributed by atoms with Gasteiger partial charge < -0.3 is 19.1 Å². The van der Waals surface area contributed by atoms with E-state index in [0.717, 1.165) is 11.3 Å². The number of aromatic nitrogens is 1. The Labute approximate surface area is 167 Å². The van der Waals surface area contributed by atoms with Crippen LogP contribution in [-0.4, -0.2) is 53.0 Å². The number of hydrogen-bond acceptors (Lipinski definition) is 3. The van der Waals surface area contributed by atoms with Crippen LogP contribution in [-0.2, 0) is 34.5 Å². The normalized spacial score (nSPS) is 10.9. The van der Waals surface area contributed by atoms with Crippen LogP contribution in [0.15, 0.2) is 48.7 Å². The smallest absolute Gasteiger partial charge is 0.242 e. The molecular formula is C22H31N3O3. The Bertz CT molecular complexity index is 755. The van der Waals surface area contributed by atoms with Gasteiger partial charge in [-0.3, -0.25) is 9.59 Å². The van der Waals surface area contributed by atoms with Gasteiger partial charge in [0.1, 0.15) is 0 Å². The minimum atomic E-state index is -0.167. The Morgan fingerprint density at radius 3 is 2.32 bits per heavy atom. The highest BCUT2D eigenvalue weighted by Gasteiger charge is 2.23. The second kappa shape index (κ2) is 10.7. The molecule has 1 aromatic heterocycles. The van der Waals surface area contributed by atoms with Crippen LogP contribution in [0.3, 0.4) is 0 Å². The van der Waals surface area contributed by atoms with Gasteiger partial charge >= 0.3 is 0 Å². The number of carbonyl (C=O) groups excluding carboxylic acids is 2. The summed E-state index contributed by atoms with van der Waals surface area (Å²) in [4.78, 5) is 29.1.